The molecule has 0 bridgehead atoms. The van der Waals surface area contributed by atoms with Crippen molar-refractivity contribution in [2.45, 2.75) is 45.1 Å². The molecule has 1 aliphatic carbocycles. The minimum atomic E-state index is -0.220. The first kappa shape index (κ1) is 23.8. The number of piperazine rings is 1. The van der Waals surface area contributed by atoms with E-state index in [2.05, 4.69) is 15.1 Å². The summed E-state index contributed by atoms with van der Waals surface area (Å²) in [6.45, 7) is 5.54. The van der Waals surface area contributed by atoms with Crippen molar-refractivity contribution in [2.24, 2.45) is 5.92 Å². The van der Waals surface area contributed by atoms with Gasteiger partial charge >= 0.3 is 0 Å². The standard InChI is InChI=1S/C28H35FN4O2/c29-23-9-5-21(6-10-23)20-31-15-17-33(18-16-31)28(35)25-12-11-24(30-27(34)22-7-8-22)19-26(25)32-13-3-1-2-4-14-32/h5-6,9-12,19,22H,1-4,7-8,13-18,20H2,(H,30,34). The van der Waals surface area contributed by atoms with Crippen LogP contribution in [0.25, 0.3) is 0 Å². The fourth-order valence-corrected chi connectivity index (χ4v) is 5.08. The molecule has 2 amide bonds. The van der Waals surface area contributed by atoms with Crippen LogP contribution in [0.15, 0.2) is 42.5 Å². The first-order valence-electron chi connectivity index (χ1n) is 13.0. The van der Waals surface area contributed by atoms with E-state index < -0.39 is 0 Å². The topological polar surface area (TPSA) is 55.9 Å². The van der Waals surface area contributed by atoms with Gasteiger partial charge in [-0.1, -0.05) is 25.0 Å². The maximum absolute atomic E-state index is 13.7. The van der Waals surface area contributed by atoms with Gasteiger partial charge in [-0.05, 0) is 61.6 Å². The van der Waals surface area contributed by atoms with Crippen molar-refractivity contribution in [1.29, 1.82) is 0 Å². The van der Waals surface area contributed by atoms with Crippen molar-refractivity contribution in [2.75, 3.05) is 49.5 Å². The summed E-state index contributed by atoms with van der Waals surface area (Å²) >= 11 is 0. The normalized spacial score (nSPS) is 19.3. The van der Waals surface area contributed by atoms with Crippen molar-refractivity contribution >= 4 is 23.2 Å². The van der Waals surface area contributed by atoms with Crippen molar-refractivity contribution in [3.63, 3.8) is 0 Å². The Bertz CT molecular complexity index is 1040. The number of nitrogens with one attached hydrogen (secondary N) is 1. The molecule has 35 heavy (non-hydrogen) atoms. The highest BCUT2D eigenvalue weighted by Gasteiger charge is 2.30. The molecular weight excluding hydrogens is 443 g/mol. The van der Waals surface area contributed by atoms with Crippen LogP contribution in [0.2, 0.25) is 0 Å². The second kappa shape index (κ2) is 10.8. The number of amides is 2. The van der Waals surface area contributed by atoms with E-state index in [0.29, 0.717) is 13.1 Å². The number of halogens is 1. The third-order valence-electron chi connectivity index (χ3n) is 7.37. The zero-order valence-electron chi connectivity index (χ0n) is 20.3. The molecule has 186 valence electrons. The van der Waals surface area contributed by atoms with Gasteiger partial charge in [0.15, 0.2) is 0 Å². The van der Waals surface area contributed by atoms with Crippen LogP contribution in [-0.2, 0) is 11.3 Å². The van der Waals surface area contributed by atoms with Gasteiger partial charge in [-0.3, -0.25) is 14.5 Å². The first-order chi connectivity index (χ1) is 17.1. The number of nitrogens with zero attached hydrogens (tertiary/aromatic N) is 3. The largest absolute Gasteiger partial charge is 0.371 e. The van der Waals surface area contributed by atoms with Gasteiger partial charge in [-0.15, -0.1) is 0 Å². The second-order valence-corrected chi connectivity index (χ2v) is 10.1. The average molecular weight is 479 g/mol. The molecule has 3 aliphatic rings. The van der Waals surface area contributed by atoms with E-state index in [0.717, 1.165) is 80.9 Å². The molecule has 0 spiro atoms. The molecule has 0 aromatic heterocycles. The zero-order chi connectivity index (χ0) is 24.2. The van der Waals surface area contributed by atoms with E-state index in [1.165, 1.54) is 25.0 Å². The summed E-state index contributed by atoms with van der Waals surface area (Å²) in [5, 5.41) is 3.06. The van der Waals surface area contributed by atoms with Crippen LogP contribution in [0.3, 0.4) is 0 Å². The molecule has 2 heterocycles. The number of carbonyl (C=O) groups excluding carboxylic acids is 2. The highest BCUT2D eigenvalue weighted by Crippen LogP contribution is 2.32. The van der Waals surface area contributed by atoms with Crippen LogP contribution < -0.4 is 10.2 Å². The molecule has 0 atom stereocenters. The van der Waals surface area contributed by atoms with Crippen molar-refractivity contribution in [3.8, 4) is 0 Å². The summed E-state index contributed by atoms with van der Waals surface area (Å²) in [6.07, 6.45) is 6.60. The number of rotatable bonds is 6. The molecule has 3 fully saturated rings. The summed E-state index contributed by atoms with van der Waals surface area (Å²) in [4.78, 5) is 32.6. The van der Waals surface area contributed by atoms with Crippen molar-refractivity contribution < 1.29 is 14.0 Å². The fraction of sp³-hybridized carbons (Fsp3) is 0.500. The summed E-state index contributed by atoms with van der Waals surface area (Å²) in [6, 6.07) is 12.4. The molecule has 1 N–H and O–H groups in total. The Kier molecular flexibility index (Phi) is 7.32. The monoisotopic (exact) mass is 478 g/mol. The number of hydrogen-bond donors (Lipinski definition) is 1. The van der Waals surface area contributed by atoms with Crippen molar-refractivity contribution in [3.05, 3.63) is 59.4 Å². The number of benzene rings is 2. The third-order valence-corrected chi connectivity index (χ3v) is 7.37. The predicted molar refractivity (Wildman–Crippen MR) is 136 cm³/mol. The highest BCUT2D eigenvalue weighted by molar-refractivity contribution is 6.02. The van der Waals surface area contributed by atoms with Crippen LogP contribution in [-0.4, -0.2) is 60.9 Å². The Morgan fingerprint density at radius 2 is 1.54 bits per heavy atom. The van der Waals surface area contributed by atoms with E-state index in [-0.39, 0.29) is 23.5 Å². The average Bonchev–Trinajstić information content (AvgIpc) is 3.73. The Balaban J connectivity index is 1.28. The third kappa shape index (κ3) is 6.01. The Labute approximate surface area is 207 Å². The first-order valence-corrected chi connectivity index (χ1v) is 13.0. The fourth-order valence-electron chi connectivity index (χ4n) is 5.08. The van der Waals surface area contributed by atoms with Crippen LogP contribution in [0.1, 0.15) is 54.4 Å². The summed E-state index contributed by atoms with van der Waals surface area (Å²) in [7, 11) is 0. The Hall–Kier alpha value is -2.93. The smallest absolute Gasteiger partial charge is 0.256 e. The van der Waals surface area contributed by atoms with Gasteiger partial charge in [0.05, 0.1) is 11.3 Å². The van der Waals surface area contributed by atoms with Crippen LogP contribution in [0.4, 0.5) is 15.8 Å². The van der Waals surface area contributed by atoms with E-state index in [9.17, 15) is 14.0 Å². The van der Waals surface area contributed by atoms with E-state index in [4.69, 9.17) is 0 Å². The second-order valence-electron chi connectivity index (χ2n) is 10.1. The summed E-state index contributed by atoms with van der Waals surface area (Å²) < 4.78 is 13.2. The van der Waals surface area contributed by atoms with E-state index >= 15 is 0 Å². The Morgan fingerprint density at radius 3 is 2.20 bits per heavy atom. The molecule has 5 rings (SSSR count). The number of anilines is 2. The molecule has 2 aliphatic heterocycles. The van der Waals surface area contributed by atoms with Gasteiger partial charge in [-0.2, -0.15) is 0 Å². The molecule has 6 nitrogen and oxygen atoms in total. The molecule has 2 aromatic carbocycles. The minimum absolute atomic E-state index is 0.0609. The Morgan fingerprint density at radius 1 is 0.857 bits per heavy atom. The maximum atomic E-state index is 13.7. The summed E-state index contributed by atoms with van der Waals surface area (Å²) in [5.41, 5.74) is 3.53. The van der Waals surface area contributed by atoms with Gasteiger partial charge in [-0.25, -0.2) is 4.39 Å². The lowest BCUT2D eigenvalue weighted by molar-refractivity contribution is -0.117. The molecule has 2 aromatic rings. The molecule has 2 saturated heterocycles. The lowest BCUT2D eigenvalue weighted by Gasteiger charge is -2.36. The summed E-state index contributed by atoms with van der Waals surface area (Å²) in [5.74, 6) is 0.0700. The van der Waals surface area contributed by atoms with Gasteiger partial charge in [0, 0.05) is 57.4 Å². The molecule has 0 unspecified atom stereocenters. The SMILES string of the molecule is O=C(Nc1ccc(C(=O)N2CCN(Cc3ccc(F)cc3)CC2)c(N2CCCCCC2)c1)C1CC1. The van der Waals surface area contributed by atoms with Gasteiger partial charge < -0.3 is 15.1 Å². The van der Waals surface area contributed by atoms with Gasteiger partial charge in [0.2, 0.25) is 5.91 Å². The van der Waals surface area contributed by atoms with Crippen molar-refractivity contribution in [1.82, 2.24) is 9.80 Å². The van der Waals surface area contributed by atoms with Crippen LogP contribution in [0, 0.1) is 11.7 Å². The quantitative estimate of drug-likeness (QED) is 0.664. The molecular formula is C28H35FN4O2. The van der Waals surface area contributed by atoms with E-state index in [1.807, 2.05) is 35.2 Å². The molecule has 1 saturated carbocycles. The van der Waals surface area contributed by atoms with E-state index in [1.54, 1.807) is 0 Å². The number of carbonyl (C=O) groups is 2. The molecule has 7 heteroatoms. The molecule has 0 radical (unpaired) electrons. The van der Waals surface area contributed by atoms with Crippen LogP contribution >= 0.6 is 0 Å². The zero-order valence-corrected chi connectivity index (χ0v) is 20.3. The number of hydrogen-bond acceptors (Lipinski definition) is 4. The lowest BCUT2D eigenvalue weighted by atomic mass is 10.1. The minimum Gasteiger partial charge on any atom is -0.371 e. The predicted octanol–water partition coefficient (Wildman–Crippen LogP) is 4.51. The lowest BCUT2D eigenvalue weighted by Crippen LogP contribution is -2.48. The van der Waals surface area contributed by atoms with Crippen LogP contribution in [0.5, 0.6) is 0 Å². The van der Waals surface area contributed by atoms with Gasteiger partial charge in [0.25, 0.3) is 5.91 Å². The maximum Gasteiger partial charge on any atom is 0.256 e. The van der Waals surface area contributed by atoms with Gasteiger partial charge in [0.1, 0.15) is 5.82 Å². The highest BCUT2D eigenvalue weighted by atomic mass is 19.1.